The Balaban J connectivity index is 2.25. The Hall–Kier alpha value is -2.08. The summed E-state index contributed by atoms with van der Waals surface area (Å²) in [5.74, 6) is 1.02. The smallest absolute Gasteiger partial charge is 0.311 e. The van der Waals surface area contributed by atoms with Gasteiger partial charge in [0.05, 0.1) is 33.4 Å². The summed E-state index contributed by atoms with van der Waals surface area (Å²) in [6.07, 6.45) is 0.181. The van der Waals surface area contributed by atoms with Gasteiger partial charge in [0, 0.05) is 10.9 Å². The first kappa shape index (κ1) is 14.3. The van der Waals surface area contributed by atoms with Gasteiger partial charge in [0.2, 0.25) is 0 Å². The molecule has 6 heteroatoms. The minimum absolute atomic E-state index is 0.181. The minimum Gasteiger partial charge on any atom is -0.493 e. The molecule has 0 saturated carbocycles. The number of hydrogen-bond donors (Lipinski definition) is 0. The lowest BCUT2D eigenvalue weighted by atomic mass is 10.2. The molecule has 1 aromatic heterocycles. The van der Waals surface area contributed by atoms with E-state index in [1.807, 2.05) is 23.6 Å². The number of thiazole rings is 1. The number of ether oxygens (including phenoxy) is 3. The van der Waals surface area contributed by atoms with Crippen LogP contribution in [0.5, 0.6) is 11.5 Å². The Morgan fingerprint density at radius 1 is 1.20 bits per heavy atom. The predicted molar refractivity (Wildman–Crippen MR) is 76.4 cm³/mol. The summed E-state index contributed by atoms with van der Waals surface area (Å²) in [5, 5.41) is 2.67. The number of hydrogen-bond acceptors (Lipinski definition) is 6. The van der Waals surface area contributed by atoms with Crippen LogP contribution in [-0.2, 0) is 16.0 Å². The molecule has 0 aliphatic carbocycles. The molecule has 20 heavy (non-hydrogen) atoms. The quantitative estimate of drug-likeness (QED) is 0.793. The molecule has 0 saturated heterocycles. The molecule has 2 aromatic rings. The summed E-state index contributed by atoms with van der Waals surface area (Å²) in [7, 11) is 4.55. The van der Waals surface area contributed by atoms with Gasteiger partial charge >= 0.3 is 5.97 Å². The van der Waals surface area contributed by atoms with Crippen LogP contribution < -0.4 is 9.47 Å². The van der Waals surface area contributed by atoms with E-state index in [2.05, 4.69) is 9.72 Å². The van der Waals surface area contributed by atoms with E-state index in [-0.39, 0.29) is 12.4 Å². The third-order valence-electron chi connectivity index (χ3n) is 2.74. The number of methoxy groups -OCH3 is 3. The number of carbonyl (C=O) groups is 1. The van der Waals surface area contributed by atoms with Crippen LogP contribution in [0.3, 0.4) is 0 Å². The summed E-state index contributed by atoms with van der Waals surface area (Å²) in [5.41, 5.74) is 1.62. The fraction of sp³-hybridized carbons (Fsp3) is 0.286. The van der Waals surface area contributed by atoms with E-state index in [1.165, 1.54) is 18.4 Å². The highest BCUT2D eigenvalue weighted by Crippen LogP contribution is 2.33. The van der Waals surface area contributed by atoms with Crippen molar-refractivity contribution in [1.29, 1.82) is 0 Å². The molecule has 5 nitrogen and oxygen atoms in total. The second kappa shape index (κ2) is 6.38. The van der Waals surface area contributed by atoms with Gasteiger partial charge in [0.15, 0.2) is 11.5 Å². The van der Waals surface area contributed by atoms with Crippen LogP contribution in [0.1, 0.15) is 5.69 Å². The lowest BCUT2D eigenvalue weighted by molar-refractivity contribution is -0.139. The zero-order valence-electron chi connectivity index (χ0n) is 11.5. The van der Waals surface area contributed by atoms with Gasteiger partial charge < -0.3 is 14.2 Å². The van der Waals surface area contributed by atoms with Crippen LogP contribution in [-0.4, -0.2) is 32.3 Å². The molecular weight excluding hydrogens is 278 g/mol. The fourth-order valence-electron chi connectivity index (χ4n) is 1.71. The standard InChI is InChI=1S/C14H15NO4S/c1-17-11-5-4-9(6-12(11)18-2)14-15-10(8-20-14)7-13(16)19-3/h4-6,8H,7H2,1-3H3. The van der Waals surface area contributed by atoms with Gasteiger partial charge in [-0.25, -0.2) is 4.98 Å². The molecule has 0 unspecified atom stereocenters. The number of carbonyl (C=O) groups excluding carboxylic acids is 1. The molecule has 0 spiro atoms. The van der Waals surface area contributed by atoms with E-state index in [0.29, 0.717) is 17.2 Å². The van der Waals surface area contributed by atoms with Gasteiger partial charge in [0.25, 0.3) is 0 Å². The lowest BCUT2D eigenvalue weighted by Gasteiger charge is -2.08. The normalized spacial score (nSPS) is 10.2. The van der Waals surface area contributed by atoms with E-state index >= 15 is 0 Å². The maximum atomic E-state index is 11.2. The highest BCUT2D eigenvalue weighted by Gasteiger charge is 2.11. The zero-order chi connectivity index (χ0) is 14.5. The van der Waals surface area contributed by atoms with Gasteiger partial charge in [-0.1, -0.05) is 0 Å². The summed E-state index contributed by atoms with van der Waals surface area (Å²) in [6, 6.07) is 5.59. The van der Waals surface area contributed by atoms with Crippen molar-refractivity contribution < 1.29 is 19.0 Å². The van der Waals surface area contributed by atoms with Gasteiger partial charge in [0.1, 0.15) is 5.01 Å². The van der Waals surface area contributed by atoms with E-state index in [4.69, 9.17) is 9.47 Å². The summed E-state index contributed by atoms with van der Waals surface area (Å²) in [4.78, 5) is 15.6. The third kappa shape index (κ3) is 3.08. The van der Waals surface area contributed by atoms with Crippen molar-refractivity contribution in [1.82, 2.24) is 4.98 Å². The zero-order valence-corrected chi connectivity index (χ0v) is 12.3. The van der Waals surface area contributed by atoms with E-state index in [9.17, 15) is 4.79 Å². The molecule has 0 atom stereocenters. The Labute approximate surface area is 121 Å². The number of rotatable bonds is 5. The van der Waals surface area contributed by atoms with Gasteiger partial charge in [-0.15, -0.1) is 11.3 Å². The third-order valence-corrected chi connectivity index (χ3v) is 3.68. The summed E-state index contributed by atoms with van der Waals surface area (Å²) in [6.45, 7) is 0. The Kier molecular flexibility index (Phi) is 4.57. The summed E-state index contributed by atoms with van der Waals surface area (Å²) < 4.78 is 15.1. The lowest BCUT2D eigenvalue weighted by Crippen LogP contribution is -2.04. The topological polar surface area (TPSA) is 57.7 Å². The van der Waals surface area contributed by atoms with E-state index < -0.39 is 0 Å². The highest BCUT2D eigenvalue weighted by atomic mass is 32.1. The predicted octanol–water partition coefficient (Wildman–Crippen LogP) is 2.54. The Morgan fingerprint density at radius 2 is 1.95 bits per heavy atom. The molecule has 1 heterocycles. The molecule has 0 amide bonds. The van der Waals surface area contributed by atoms with Crippen molar-refractivity contribution in [3.05, 3.63) is 29.3 Å². The van der Waals surface area contributed by atoms with Crippen molar-refractivity contribution in [2.24, 2.45) is 0 Å². The SMILES string of the molecule is COC(=O)Cc1csc(-c2ccc(OC)c(OC)c2)n1. The Bertz CT molecular complexity index is 609. The van der Waals surface area contributed by atoms with Crippen LogP contribution in [0.25, 0.3) is 10.6 Å². The molecule has 2 rings (SSSR count). The highest BCUT2D eigenvalue weighted by molar-refractivity contribution is 7.13. The first-order valence-electron chi connectivity index (χ1n) is 5.91. The molecule has 0 aliphatic heterocycles. The first-order chi connectivity index (χ1) is 9.67. The molecule has 0 radical (unpaired) electrons. The van der Waals surface area contributed by atoms with Crippen molar-refractivity contribution in [2.75, 3.05) is 21.3 Å². The molecule has 0 fully saturated rings. The first-order valence-corrected chi connectivity index (χ1v) is 6.79. The van der Waals surface area contributed by atoms with Crippen molar-refractivity contribution in [3.63, 3.8) is 0 Å². The average Bonchev–Trinajstić information content (AvgIpc) is 2.94. The number of aromatic nitrogens is 1. The number of nitrogens with zero attached hydrogens (tertiary/aromatic N) is 1. The van der Waals surface area contributed by atoms with Crippen molar-refractivity contribution in [3.8, 4) is 22.1 Å². The second-order valence-electron chi connectivity index (χ2n) is 3.97. The number of esters is 1. The second-order valence-corrected chi connectivity index (χ2v) is 4.82. The minimum atomic E-state index is -0.297. The van der Waals surface area contributed by atoms with Crippen molar-refractivity contribution >= 4 is 17.3 Å². The largest absolute Gasteiger partial charge is 0.493 e. The number of benzene rings is 1. The van der Waals surface area contributed by atoms with Crippen LogP contribution in [0.15, 0.2) is 23.6 Å². The monoisotopic (exact) mass is 293 g/mol. The van der Waals surface area contributed by atoms with Gasteiger partial charge in [-0.2, -0.15) is 0 Å². The molecule has 0 N–H and O–H groups in total. The summed E-state index contributed by atoms with van der Waals surface area (Å²) >= 11 is 1.47. The van der Waals surface area contributed by atoms with E-state index in [1.54, 1.807) is 14.2 Å². The van der Waals surface area contributed by atoms with Crippen LogP contribution in [0, 0.1) is 0 Å². The van der Waals surface area contributed by atoms with Crippen LogP contribution in [0.2, 0.25) is 0 Å². The molecule has 1 aromatic carbocycles. The Morgan fingerprint density at radius 3 is 2.60 bits per heavy atom. The molecule has 0 bridgehead atoms. The van der Waals surface area contributed by atoms with Crippen LogP contribution >= 0.6 is 11.3 Å². The van der Waals surface area contributed by atoms with Gasteiger partial charge in [-0.05, 0) is 18.2 Å². The van der Waals surface area contributed by atoms with Crippen molar-refractivity contribution in [2.45, 2.75) is 6.42 Å². The average molecular weight is 293 g/mol. The van der Waals surface area contributed by atoms with Crippen LogP contribution in [0.4, 0.5) is 0 Å². The molecule has 106 valence electrons. The molecule has 0 aliphatic rings. The maximum absolute atomic E-state index is 11.2. The van der Waals surface area contributed by atoms with Gasteiger partial charge in [-0.3, -0.25) is 4.79 Å². The van der Waals surface area contributed by atoms with E-state index in [0.717, 1.165) is 10.6 Å². The maximum Gasteiger partial charge on any atom is 0.311 e. The fourth-order valence-corrected chi connectivity index (χ4v) is 2.53. The molecular formula is C14H15NO4S.